The number of nitrogens with zero attached hydrogens (tertiary/aromatic N) is 1. The lowest BCUT2D eigenvalue weighted by Gasteiger charge is -2.19. The summed E-state index contributed by atoms with van der Waals surface area (Å²) in [4.78, 5) is 14.0. The number of hydrogen-bond donors (Lipinski definition) is 1. The molecule has 0 aliphatic carbocycles. The van der Waals surface area contributed by atoms with Crippen LogP contribution in [0.2, 0.25) is 0 Å². The van der Waals surface area contributed by atoms with Crippen LogP contribution in [-0.2, 0) is 4.79 Å². The zero-order chi connectivity index (χ0) is 13.7. The number of carbonyl (C=O) groups is 1. The lowest BCUT2D eigenvalue weighted by atomic mass is 10.2. The van der Waals surface area contributed by atoms with Gasteiger partial charge in [-0.2, -0.15) is 0 Å². The maximum Gasteiger partial charge on any atom is 0.224 e. The van der Waals surface area contributed by atoms with Crippen molar-refractivity contribution in [2.45, 2.75) is 32.6 Å². The van der Waals surface area contributed by atoms with E-state index >= 15 is 0 Å². The van der Waals surface area contributed by atoms with Crippen LogP contribution in [0.25, 0.3) is 0 Å². The second-order valence-electron chi connectivity index (χ2n) is 4.88. The van der Waals surface area contributed by atoms with Gasteiger partial charge in [0.25, 0.3) is 0 Å². The van der Waals surface area contributed by atoms with E-state index in [4.69, 9.17) is 4.74 Å². The zero-order valence-electron chi connectivity index (χ0n) is 11.7. The van der Waals surface area contributed by atoms with Crippen LogP contribution in [0.3, 0.4) is 0 Å². The topological polar surface area (TPSA) is 41.6 Å². The molecule has 2 rings (SSSR count). The van der Waals surface area contributed by atoms with Crippen molar-refractivity contribution in [2.24, 2.45) is 0 Å². The summed E-state index contributed by atoms with van der Waals surface area (Å²) in [7, 11) is 1.64. The fourth-order valence-corrected chi connectivity index (χ4v) is 2.39. The molecule has 4 heteroatoms. The minimum atomic E-state index is 0.0368. The van der Waals surface area contributed by atoms with Gasteiger partial charge in [-0.15, -0.1) is 0 Å². The Hall–Kier alpha value is -1.71. The fraction of sp³-hybridized carbons (Fsp3) is 0.533. The molecule has 1 heterocycles. The molecule has 0 aromatic heterocycles. The molecule has 0 saturated carbocycles. The molecule has 1 saturated heterocycles. The minimum Gasteiger partial charge on any atom is -0.494 e. The van der Waals surface area contributed by atoms with Crippen LogP contribution in [0.1, 0.15) is 32.6 Å². The predicted octanol–water partition coefficient (Wildman–Crippen LogP) is 3.03. The summed E-state index contributed by atoms with van der Waals surface area (Å²) < 4.78 is 5.38. The van der Waals surface area contributed by atoms with Crippen LogP contribution < -0.4 is 15.0 Å². The number of rotatable bonds is 5. The molecule has 1 aromatic rings. The Labute approximate surface area is 114 Å². The molecule has 4 nitrogen and oxygen atoms in total. The molecule has 19 heavy (non-hydrogen) atoms. The van der Waals surface area contributed by atoms with E-state index in [1.807, 2.05) is 19.1 Å². The molecule has 1 amide bonds. The van der Waals surface area contributed by atoms with Gasteiger partial charge in [-0.05, 0) is 31.4 Å². The maximum atomic E-state index is 11.6. The second-order valence-corrected chi connectivity index (χ2v) is 4.88. The van der Waals surface area contributed by atoms with E-state index in [-0.39, 0.29) is 5.91 Å². The van der Waals surface area contributed by atoms with Crippen LogP contribution in [0.15, 0.2) is 18.2 Å². The number of benzene rings is 1. The monoisotopic (exact) mass is 262 g/mol. The largest absolute Gasteiger partial charge is 0.494 e. The Balaban J connectivity index is 2.13. The minimum absolute atomic E-state index is 0.0368. The Bertz CT molecular complexity index is 440. The summed E-state index contributed by atoms with van der Waals surface area (Å²) in [5.41, 5.74) is 1.92. The molecule has 0 radical (unpaired) electrons. The van der Waals surface area contributed by atoms with Crippen molar-refractivity contribution in [1.82, 2.24) is 0 Å². The molecule has 0 spiro atoms. The summed E-state index contributed by atoms with van der Waals surface area (Å²) in [6.45, 7) is 4.20. The lowest BCUT2D eigenvalue weighted by Crippen LogP contribution is -2.18. The Kier molecular flexibility index (Phi) is 4.66. The van der Waals surface area contributed by atoms with E-state index < -0.39 is 0 Å². The summed E-state index contributed by atoms with van der Waals surface area (Å²) in [6.07, 6.45) is 3.88. The highest BCUT2D eigenvalue weighted by atomic mass is 16.5. The van der Waals surface area contributed by atoms with Gasteiger partial charge in [0, 0.05) is 31.3 Å². The summed E-state index contributed by atoms with van der Waals surface area (Å²) in [6, 6.07) is 5.99. The van der Waals surface area contributed by atoms with E-state index in [1.165, 1.54) is 18.5 Å². The van der Waals surface area contributed by atoms with Gasteiger partial charge in [0.05, 0.1) is 12.8 Å². The number of methoxy groups -OCH3 is 1. The quantitative estimate of drug-likeness (QED) is 0.886. The Morgan fingerprint density at radius 1 is 1.37 bits per heavy atom. The highest BCUT2D eigenvalue weighted by molar-refractivity contribution is 5.92. The standard InChI is InChI=1S/C15H22N2O2/c1-3-6-15(18)16-13-8-7-12(11-14(13)19-2)17-9-4-5-10-17/h7-8,11H,3-6,9-10H2,1-2H3,(H,16,18). The van der Waals surface area contributed by atoms with Gasteiger partial charge in [-0.25, -0.2) is 0 Å². The van der Waals surface area contributed by atoms with Gasteiger partial charge in [-0.1, -0.05) is 6.92 Å². The zero-order valence-corrected chi connectivity index (χ0v) is 11.7. The van der Waals surface area contributed by atoms with E-state index in [0.717, 1.165) is 30.9 Å². The number of carbonyl (C=O) groups excluding carboxylic acids is 1. The van der Waals surface area contributed by atoms with Crippen molar-refractivity contribution < 1.29 is 9.53 Å². The molecule has 1 aliphatic heterocycles. The van der Waals surface area contributed by atoms with Crippen LogP contribution >= 0.6 is 0 Å². The maximum absolute atomic E-state index is 11.6. The Morgan fingerprint density at radius 3 is 2.74 bits per heavy atom. The van der Waals surface area contributed by atoms with Crippen molar-refractivity contribution >= 4 is 17.3 Å². The third-order valence-electron chi connectivity index (χ3n) is 3.41. The van der Waals surface area contributed by atoms with Gasteiger partial charge in [-0.3, -0.25) is 4.79 Å². The first-order valence-electron chi connectivity index (χ1n) is 6.97. The van der Waals surface area contributed by atoms with Crippen molar-refractivity contribution in [2.75, 3.05) is 30.4 Å². The first-order valence-corrected chi connectivity index (χ1v) is 6.97. The van der Waals surface area contributed by atoms with Crippen LogP contribution in [0, 0.1) is 0 Å². The van der Waals surface area contributed by atoms with Crippen molar-refractivity contribution in [3.05, 3.63) is 18.2 Å². The molecule has 104 valence electrons. The summed E-state index contributed by atoms with van der Waals surface area (Å²) in [5.74, 6) is 0.767. The number of amides is 1. The van der Waals surface area contributed by atoms with Gasteiger partial charge in [0.15, 0.2) is 0 Å². The van der Waals surface area contributed by atoms with Gasteiger partial charge < -0.3 is 15.0 Å². The van der Waals surface area contributed by atoms with Crippen molar-refractivity contribution in [3.63, 3.8) is 0 Å². The van der Waals surface area contributed by atoms with E-state index in [9.17, 15) is 4.79 Å². The molecule has 1 aromatic carbocycles. The van der Waals surface area contributed by atoms with Crippen LogP contribution in [0.5, 0.6) is 5.75 Å². The smallest absolute Gasteiger partial charge is 0.224 e. The van der Waals surface area contributed by atoms with Crippen molar-refractivity contribution in [3.8, 4) is 5.75 Å². The molecular formula is C15H22N2O2. The van der Waals surface area contributed by atoms with E-state index in [0.29, 0.717) is 6.42 Å². The van der Waals surface area contributed by atoms with Gasteiger partial charge in [0.1, 0.15) is 5.75 Å². The molecule has 1 aliphatic rings. The SMILES string of the molecule is CCCC(=O)Nc1ccc(N2CCCC2)cc1OC. The number of nitrogens with one attached hydrogen (secondary N) is 1. The average Bonchev–Trinajstić information content (AvgIpc) is 2.93. The predicted molar refractivity (Wildman–Crippen MR) is 78.0 cm³/mol. The second kappa shape index (κ2) is 6.45. The normalized spacial score (nSPS) is 14.5. The number of hydrogen-bond acceptors (Lipinski definition) is 3. The van der Waals surface area contributed by atoms with E-state index in [1.54, 1.807) is 7.11 Å². The Morgan fingerprint density at radius 2 is 2.11 bits per heavy atom. The first kappa shape index (κ1) is 13.7. The third-order valence-corrected chi connectivity index (χ3v) is 3.41. The third kappa shape index (κ3) is 3.40. The van der Waals surface area contributed by atoms with Gasteiger partial charge >= 0.3 is 0 Å². The summed E-state index contributed by atoms with van der Waals surface area (Å²) in [5, 5.41) is 2.90. The molecule has 0 unspecified atom stereocenters. The first-order chi connectivity index (χ1) is 9.24. The fourth-order valence-electron chi connectivity index (χ4n) is 2.39. The molecular weight excluding hydrogens is 240 g/mol. The molecule has 0 atom stereocenters. The molecule has 1 N–H and O–H groups in total. The van der Waals surface area contributed by atoms with Gasteiger partial charge in [0.2, 0.25) is 5.91 Å². The summed E-state index contributed by atoms with van der Waals surface area (Å²) >= 11 is 0. The van der Waals surface area contributed by atoms with Crippen LogP contribution in [0.4, 0.5) is 11.4 Å². The number of ether oxygens (including phenoxy) is 1. The highest BCUT2D eigenvalue weighted by Gasteiger charge is 2.15. The van der Waals surface area contributed by atoms with Crippen molar-refractivity contribution in [1.29, 1.82) is 0 Å². The lowest BCUT2D eigenvalue weighted by molar-refractivity contribution is -0.116. The highest BCUT2D eigenvalue weighted by Crippen LogP contribution is 2.31. The number of anilines is 2. The van der Waals surface area contributed by atoms with E-state index in [2.05, 4.69) is 16.3 Å². The molecule has 0 bridgehead atoms. The average molecular weight is 262 g/mol. The van der Waals surface area contributed by atoms with Crippen LogP contribution in [-0.4, -0.2) is 26.1 Å². The molecule has 1 fully saturated rings.